The van der Waals surface area contributed by atoms with E-state index in [0.29, 0.717) is 6.04 Å². The zero-order chi connectivity index (χ0) is 12.8. The van der Waals surface area contributed by atoms with Crippen LogP contribution in [0.5, 0.6) is 0 Å². The first-order valence-electron chi connectivity index (χ1n) is 6.84. The number of nitrogens with zero attached hydrogens (tertiary/aromatic N) is 1. The van der Waals surface area contributed by atoms with E-state index in [1.54, 1.807) is 6.26 Å². The van der Waals surface area contributed by atoms with Crippen molar-refractivity contribution in [3.63, 3.8) is 0 Å². The molecule has 0 aromatic carbocycles. The van der Waals surface area contributed by atoms with Crippen molar-refractivity contribution in [2.75, 3.05) is 26.3 Å². The molecule has 0 saturated carbocycles. The fourth-order valence-corrected chi connectivity index (χ4v) is 2.16. The Labute approximate surface area is 109 Å². The van der Waals surface area contributed by atoms with Crippen LogP contribution in [0.15, 0.2) is 16.7 Å². The third-order valence-electron chi connectivity index (χ3n) is 3.22. The first-order chi connectivity index (χ1) is 8.75. The van der Waals surface area contributed by atoms with Crippen molar-refractivity contribution in [2.24, 2.45) is 0 Å². The van der Waals surface area contributed by atoms with E-state index in [-0.39, 0.29) is 0 Å². The Hall–Kier alpha value is -0.840. The highest BCUT2D eigenvalue weighted by Crippen LogP contribution is 2.14. The van der Waals surface area contributed by atoms with Gasteiger partial charge in [-0.25, -0.2) is 0 Å². The van der Waals surface area contributed by atoms with Gasteiger partial charge in [0, 0.05) is 37.8 Å². The molecule has 0 amide bonds. The van der Waals surface area contributed by atoms with Gasteiger partial charge in [-0.15, -0.1) is 0 Å². The molecule has 2 heterocycles. The molecule has 1 aromatic rings. The Kier molecular flexibility index (Phi) is 5.23. The summed E-state index contributed by atoms with van der Waals surface area (Å²) in [5.41, 5.74) is 1.30. The summed E-state index contributed by atoms with van der Waals surface area (Å²) in [6.45, 7) is 9.94. The summed E-state index contributed by atoms with van der Waals surface area (Å²) in [5, 5.41) is 3.40. The Morgan fingerprint density at radius 2 is 2.22 bits per heavy atom. The zero-order valence-corrected chi connectivity index (χ0v) is 11.4. The van der Waals surface area contributed by atoms with E-state index in [0.717, 1.165) is 51.6 Å². The van der Waals surface area contributed by atoms with Gasteiger partial charge in [-0.05, 0) is 12.5 Å². The molecule has 0 bridgehead atoms. The first kappa shape index (κ1) is 13.6. The third kappa shape index (κ3) is 4.12. The van der Waals surface area contributed by atoms with E-state index in [2.05, 4.69) is 30.1 Å². The molecular weight excluding hydrogens is 228 g/mol. The first-order valence-corrected chi connectivity index (χ1v) is 6.84. The van der Waals surface area contributed by atoms with Crippen LogP contribution in [0.25, 0.3) is 0 Å². The molecule has 4 nitrogen and oxygen atoms in total. The summed E-state index contributed by atoms with van der Waals surface area (Å²) in [7, 11) is 0. The molecule has 0 atom stereocenters. The molecule has 0 unspecified atom stereocenters. The molecule has 18 heavy (non-hydrogen) atoms. The van der Waals surface area contributed by atoms with Gasteiger partial charge < -0.3 is 14.5 Å². The number of nitrogens with one attached hydrogen (secondary N) is 1. The van der Waals surface area contributed by atoms with Gasteiger partial charge in [0.05, 0.1) is 19.4 Å². The van der Waals surface area contributed by atoms with Crippen molar-refractivity contribution in [1.29, 1.82) is 0 Å². The Balaban J connectivity index is 1.89. The number of furan rings is 1. The van der Waals surface area contributed by atoms with Crippen molar-refractivity contribution < 1.29 is 9.15 Å². The minimum absolute atomic E-state index is 0.481. The summed E-state index contributed by atoms with van der Waals surface area (Å²) in [5.74, 6) is 1.06. The second-order valence-electron chi connectivity index (χ2n) is 5.15. The van der Waals surface area contributed by atoms with Crippen LogP contribution in [-0.2, 0) is 17.8 Å². The van der Waals surface area contributed by atoms with E-state index in [1.807, 2.05) is 0 Å². The van der Waals surface area contributed by atoms with Gasteiger partial charge >= 0.3 is 0 Å². The van der Waals surface area contributed by atoms with E-state index < -0.39 is 0 Å². The lowest BCUT2D eigenvalue weighted by molar-refractivity contribution is 0.140. The number of hydrogen-bond donors (Lipinski definition) is 1. The van der Waals surface area contributed by atoms with Gasteiger partial charge in [-0.2, -0.15) is 0 Å². The van der Waals surface area contributed by atoms with Crippen LogP contribution in [-0.4, -0.2) is 37.2 Å². The van der Waals surface area contributed by atoms with Crippen LogP contribution in [0.3, 0.4) is 0 Å². The molecule has 102 valence electrons. The summed E-state index contributed by atoms with van der Waals surface area (Å²) in [6, 6.07) is 2.57. The largest absolute Gasteiger partial charge is 0.468 e. The maximum atomic E-state index is 5.57. The maximum absolute atomic E-state index is 5.57. The molecular formula is C14H24N2O2. The predicted molar refractivity (Wildman–Crippen MR) is 71.4 cm³/mol. The van der Waals surface area contributed by atoms with Crippen LogP contribution in [0.2, 0.25) is 0 Å². The average molecular weight is 252 g/mol. The predicted octanol–water partition coefficient (Wildman–Crippen LogP) is 2.00. The summed E-state index contributed by atoms with van der Waals surface area (Å²) in [4.78, 5) is 2.44. The molecule has 0 radical (unpaired) electrons. The second kappa shape index (κ2) is 6.92. The lowest BCUT2D eigenvalue weighted by Crippen LogP contribution is -2.27. The quantitative estimate of drug-likeness (QED) is 0.870. The van der Waals surface area contributed by atoms with E-state index in [1.165, 1.54) is 5.56 Å². The van der Waals surface area contributed by atoms with E-state index in [4.69, 9.17) is 9.15 Å². The van der Waals surface area contributed by atoms with Gasteiger partial charge in [0.15, 0.2) is 0 Å². The average Bonchev–Trinajstić information content (AvgIpc) is 2.60. The monoisotopic (exact) mass is 252 g/mol. The minimum atomic E-state index is 0.481. The van der Waals surface area contributed by atoms with Crippen LogP contribution in [0, 0.1) is 0 Å². The molecule has 1 fully saturated rings. The van der Waals surface area contributed by atoms with Crippen molar-refractivity contribution in [2.45, 2.75) is 39.4 Å². The highest BCUT2D eigenvalue weighted by Gasteiger charge is 2.13. The lowest BCUT2D eigenvalue weighted by Gasteiger charge is -2.19. The zero-order valence-electron chi connectivity index (χ0n) is 11.4. The highest BCUT2D eigenvalue weighted by atomic mass is 16.5. The lowest BCUT2D eigenvalue weighted by atomic mass is 10.2. The maximum Gasteiger partial charge on any atom is 0.122 e. The summed E-state index contributed by atoms with van der Waals surface area (Å²) in [6.07, 6.45) is 2.92. The number of ether oxygens (including phenoxy) is 1. The van der Waals surface area contributed by atoms with Crippen molar-refractivity contribution in [3.8, 4) is 0 Å². The smallest absolute Gasteiger partial charge is 0.122 e. The standard InChI is InChI=1S/C14H24N2O2/c1-12(2)15-10-14-13(4-8-18-14)11-16-5-3-7-17-9-6-16/h4,8,12,15H,3,5-7,9-11H2,1-2H3. The van der Waals surface area contributed by atoms with Crippen LogP contribution < -0.4 is 5.32 Å². The van der Waals surface area contributed by atoms with Gasteiger partial charge in [-0.3, -0.25) is 4.90 Å². The number of rotatable bonds is 5. The molecule has 2 rings (SSSR count). The SMILES string of the molecule is CC(C)NCc1occc1CN1CCCOCC1. The van der Waals surface area contributed by atoms with Gasteiger partial charge in [0.2, 0.25) is 0 Å². The molecule has 1 aromatic heterocycles. The molecule has 1 aliphatic rings. The van der Waals surface area contributed by atoms with E-state index >= 15 is 0 Å². The van der Waals surface area contributed by atoms with Crippen LogP contribution >= 0.6 is 0 Å². The van der Waals surface area contributed by atoms with Crippen molar-refractivity contribution >= 4 is 0 Å². The fourth-order valence-electron chi connectivity index (χ4n) is 2.16. The number of hydrogen-bond acceptors (Lipinski definition) is 4. The van der Waals surface area contributed by atoms with Gasteiger partial charge in [0.1, 0.15) is 5.76 Å². The van der Waals surface area contributed by atoms with Gasteiger partial charge in [-0.1, -0.05) is 13.8 Å². The molecule has 1 N–H and O–H groups in total. The molecule has 0 spiro atoms. The van der Waals surface area contributed by atoms with Crippen molar-refractivity contribution in [3.05, 3.63) is 23.7 Å². The van der Waals surface area contributed by atoms with E-state index in [9.17, 15) is 0 Å². The van der Waals surface area contributed by atoms with Crippen LogP contribution in [0.4, 0.5) is 0 Å². The highest BCUT2D eigenvalue weighted by molar-refractivity contribution is 5.17. The Bertz CT molecular complexity index is 341. The Morgan fingerprint density at radius 3 is 3.06 bits per heavy atom. The summed E-state index contributed by atoms with van der Waals surface area (Å²) < 4.78 is 11.0. The third-order valence-corrected chi connectivity index (χ3v) is 3.22. The molecule has 1 saturated heterocycles. The fraction of sp³-hybridized carbons (Fsp3) is 0.714. The van der Waals surface area contributed by atoms with Gasteiger partial charge in [0.25, 0.3) is 0 Å². The van der Waals surface area contributed by atoms with Crippen molar-refractivity contribution in [1.82, 2.24) is 10.2 Å². The summed E-state index contributed by atoms with van der Waals surface area (Å²) >= 11 is 0. The van der Waals surface area contributed by atoms with Crippen LogP contribution in [0.1, 0.15) is 31.6 Å². The molecule has 4 heteroatoms. The second-order valence-corrected chi connectivity index (χ2v) is 5.15. The molecule has 0 aliphatic carbocycles. The normalized spacial score (nSPS) is 18.2. The minimum Gasteiger partial charge on any atom is -0.468 e. The molecule has 1 aliphatic heterocycles. The Morgan fingerprint density at radius 1 is 1.33 bits per heavy atom. The topological polar surface area (TPSA) is 37.6 Å².